The molecule has 0 N–H and O–H groups in total. The minimum Gasteiger partial charge on any atom is -0.381 e. The van der Waals surface area contributed by atoms with Gasteiger partial charge >= 0.3 is 0 Å². The van der Waals surface area contributed by atoms with Crippen LogP contribution in [0.2, 0.25) is 0 Å². The Kier molecular flexibility index (Phi) is 14.6. The zero-order valence-corrected chi connectivity index (χ0v) is 12.8. The molecule has 0 fully saturated rings. The Bertz CT molecular complexity index is 135. The zero-order chi connectivity index (χ0) is 12.8. The van der Waals surface area contributed by atoms with Gasteiger partial charge in [-0.05, 0) is 24.5 Å². The lowest BCUT2D eigenvalue weighted by Crippen LogP contribution is -2.08. The van der Waals surface area contributed by atoms with Crippen LogP contribution in [0.25, 0.3) is 0 Å². The summed E-state index contributed by atoms with van der Waals surface area (Å²) in [4.78, 5) is 0. The average Bonchev–Trinajstić information content (AvgIpc) is 2.36. The van der Waals surface area contributed by atoms with Gasteiger partial charge in [0.25, 0.3) is 0 Å². The van der Waals surface area contributed by atoms with E-state index in [1.807, 2.05) is 0 Å². The monoisotopic (exact) mass is 260 g/mol. The molecule has 0 bridgehead atoms. The first-order valence-electron chi connectivity index (χ1n) is 7.53. The number of hydrogen-bond donors (Lipinski definition) is 1. The van der Waals surface area contributed by atoms with Crippen LogP contribution in [0.1, 0.15) is 71.6 Å². The van der Waals surface area contributed by atoms with Crippen LogP contribution in [0.4, 0.5) is 0 Å². The van der Waals surface area contributed by atoms with Gasteiger partial charge in [-0.15, -0.1) is 0 Å². The van der Waals surface area contributed by atoms with Crippen molar-refractivity contribution in [3.8, 4) is 0 Å². The third kappa shape index (κ3) is 12.6. The van der Waals surface area contributed by atoms with Crippen molar-refractivity contribution < 1.29 is 4.74 Å². The second-order valence-electron chi connectivity index (χ2n) is 4.96. The van der Waals surface area contributed by atoms with E-state index in [0.29, 0.717) is 0 Å². The van der Waals surface area contributed by atoms with Crippen molar-refractivity contribution >= 4 is 12.6 Å². The molecule has 0 unspecified atom stereocenters. The van der Waals surface area contributed by atoms with E-state index in [9.17, 15) is 0 Å². The molecule has 0 saturated carbocycles. The van der Waals surface area contributed by atoms with E-state index >= 15 is 0 Å². The highest BCUT2D eigenvalue weighted by Crippen LogP contribution is 2.10. The van der Waals surface area contributed by atoms with Gasteiger partial charge in [0.05, 0.1) is 0 Å². The summed E-state index contributed by atoms with van der Waals surface area (Å²) in [7, 11) is 0. The third-order valence-electron chi connectivity index (χ3n) is 3.46. The summed E-state index contributed by atoms with van der Waals surface area (Å²) in [6.07, 6.45) is 11.9. The smallest absolute Gasteiger partial charge is 0.0494 e. The van der Waals surface area contributed by atoms with Crippen molar-refractivity contribution in [2.75, 3.05) is 19.0 Å². The van der Waals surface area contributed by atoms with Crippen LogP contribution in [0.15, 0.2) is 0 Å². The molecule has 0 aromatic rings. The van der Waals surface area contributed by atoms with Gasteiger partial charge in [0, 0.05) is 13.2 Å². The number of rotatable bonds is 13. The zero-order valence-electron chi connectivity index (χ0n) is 11.9. The summed E-state index contributed by atoms with van der Waals surface area (Å²) in [5.74, 6) is 1.82. The van der Waals surface area contributed by atoms with E-state index in [-0.39, 0.29) is 0 Å². The lowest BCUT2D eigenvalue weighted by atomic mass is 10.1. The Morgan fingerprint density at radius 2 is 1.35 bits per heavy atom. The van der Waals surface area contributed by atoms with Crippen molar-refractivity contribution in [2.24, 2.45) is 5.92 Å². The summed E-state index contributed by atoms with van der Waals surface area (Å²) in [5, 5.41) is 0. The SMILES string of the molecule is CCC(CC)COCCCCCCCCCS. The lowest BCUT2D eigenvalue weighted by Gasteiger charge is -2.12. The molecule has 0 heterocycles. The molecule has 0 amide bonds. The average molecular weight is 260 g/mol. The van der Waals surface area contributed by atoms with Crippen LogP contribution in [0.5, 0.6) is 0 Å². The fourth-order valence-electron chi connectivity index (χ4n) is 1.97. The van der Waals surface area contributed by atoms with Gasteiger partial charge in [0.1, 0.15) is 0 Å². The molecule has 104 valence electrons. The fourth-order valence-corrected chi connectivity index (χ4v) is 2.20. The van der Waals surface area contributed by atoms with Crippen molar-refractivity contribution in [1.82, 2.24) is 0 Å². The van der Waals surface area contributed by atoms with Crippen molar-refractivity contribution in [1.29, 1.82) is 0 Å². The maximum absolute atomic E-state index is 5.71. The van der Waals surface area contributed by atoms with Crippen LogP contribution in [0, 0.1) is 5.92 Å². The standard InChI is InChI=1S/C15H32OS/c1-3-15(4-2)14-16-12-10-8-6-5-7-9-11-13-17/h15,17H,3-14H2,1-2H3. The summed E-state index contributed by atoms with van der Waals surface area (Å²) in [6.45, 7) is 6.44. The first kappa shape index (κ1) is 17.3. The molecular formula is C15H32OS. The van der Waals surface area contributed by atoms with Gasteiger partial charge in [-0.25, -0.2) is 0 Å². The van der Waals surface area contributed by atoms with Gasteiger partial charge in [-0.1, -0.05) is 58.8 Å². The summed E-state index contributed by atoms with van der Waals surface area (Å²) in [5.41, 5.74) is 0. The Labute approximate surface area is 114 Å². The normalized spacial score (nSPS) is 11.3. The van der Waals surface area contributed by atoms with Gasteiger partial charge in [0.15, 0.2) is 0 Å². The fraction of sp³-hybridized carbons (Fsp3) is 1.00. The van der Waals surface area contributed by atoms with Gasteiger partial charge < -0.3 is 4.74 Å². The molecule has 1 nitrogen and oxygen atoms in total. The highest BCUT2D eigenvalue weighted by Gasteiger charge is 2.02. The summed E-state index contributed by atoms with van der Waals surface area (Å²) >= 11 is 4.22. The van der Waals surface area contributed by atoms with Crippen LogP contribution in [-0.2, 0) is 4.74 Å². The lowest BCUT2D eigenvalue weighted by molar-refractivity contribution is 0.0932. The minimum absolute atomic E-state index is 0.774. The quantitative estimate of drug-likeness (QED) is 0.358. The van der Waals surface area contributed by atoms with E-state index in [1.54, 1.807) is 0 Å². The second-order valence-corrected chi connectivity index (χ2v) is 5.40. The highest BCUT2D eigenvalue weighted by atomic mass is 32.1. The maximum Gasteiger partial charge on any atom is 0.0494 e. The largest absolute Gasteiger partial charge is 0.381 e. The molecule has 0 atom stereocenters. The molecule has 0 aromatic heterocycles. The number of unbranched alkanes of at least 4 members (excludes halogenated alkanes) is 6. The van der Waals surface area contributed by atoms with Gasteiger partial charge in [0.2, 0.25) is 0 Å². The Balaban J connectivity index is 3.03. The number of thiol groups is 1. The first-order chi connectivity index (χ1) is 8.35. The molecule has 0 aliphatic rings. The molecule has 0 spiro atoms. The van der Waals surface area contributed by atoms with E-state index in [0.717, 1.165) is 24.9 Å². The highest BCUT2D eigenvalue weighted by molar-refractivity contribution is 7.80. The summed E-state index contributed by atoms with van der Waals surface area (Å²) < 4.78 is 5.71. The van der Waals surface area contributed by atoms with Gasteiger partial charge in [-0.2, -0.15) is 12.6 Å². The topological polar surface area (TPSA) is 9.23 Å². The van der Waals surface area contributed by atoms with E-state index in [4.69, 9.17) is 4.74 Å². The Hall–Kier alpha value is 0.310. The van der Waals surface area contributed by atoms with Crippen LogP contribution in [-0.4, -0.2) is 19.0 Å². The van der Waals surface area contributed by atoms with Crippen LogP contribution >= 0.6 is 12.6 Å². The number of ether oxygens (including phenoxy) is 1. The van der Waals surface area contributed by atoms with Crippen LogP contribution in [0.3, 0.4) is 0 Å². The first-order valence-corrected chi connectivity index (χ1v) is 8.16. The maximum atomic E-state index is 5.71. The predicted octanol–water partition coefficient (Wildman–Crippen LogP) is 5.10. The van der Waals surface area contributed by atoms with Crippen molar-refractivity contribution in [2.45, 2.75) is 71.6 Å². The molecule has 2 heteroatoms. The predicted molar refractivity (Wildman–Crippen MR) is 81.1 cm³/mol. The van der Waals surface area contributed by atoms with Crippen LogP contribution < -0.4 is 0 Å². The molecule has 17 heavy (non-hydrogen) atoms. The molecular weight excluding hydrogens is 228 g/mol. The number of hydrogen-bond acceptors (Lipinski definition) is 2. The van der Waals surface area contributed by atoms with Gasteiger partial charge in [-0.3, -0.25) is 0 Å². The van der Waals surface area contributed by atoms with E-state index in [2.05, 4.69) is 26.5 Å². The second kappa shape index (κ2) is 14.4. The van der Waals surface area contributed by atoms with Crippen molar-refractivity contribution in [3.05, 3.63) is 0 Å². The molecule has 0 aliphatic carbocycles. The minimum atomic E-state index is 0.774. The molecule has 0 aliphatic heterocycles. The Morgan fingerprint density at radius 1 is 0.824 bits per heavy atom. The third-order valence-corrected chi connectivity index (χ3v) is 3.77. The molecule has 0 radical (unpaired) electrons. The molecule has 0 saturated heterocycles. The van der Waals surface area contributed by atoms with E-state index in [1.165, 1.54) is 57.8 Å². The summed E-state index contributed by atoms with van der Waals surface area (Å²) in [6, 6.07) is 0. The van der Waals surface area contributed by atoms with E-state index < -0.39 is 0 Å². The van der Waals surface area contributed by atoms with Crippen molar-refractivity contribution in [3.63, 3.8) is 0 Å². The molecule has 0 aromatic carbocycles. The molecule has 0 rings (SSSR count). The Morgan fingerprint density at radius 3 is 1.88 bits per heavy atom.